The van der Waals surface area contributed by atoms with Crippen LogP contribution in [0.3, 0.4) is 0 Å². The van der Waals surface area contributed by atoms with Gasteiger partial charge >= 0.3 is 0 Å². The lowest BCUT2D eigenvalue weighted by molar-refractivity contribution is 0.0544. The lowest BCUT2D eigenvalue weighted by atomic mass is 9.94. The highest BCUT2D eigenvalue weighted by Crippen LogP contribution is 2.23. The zero-order chi connectivity index (χ0) is 12.1. The number of hydrogen-bond donors (Lipinski definition) is 1. The van der Waals surface area contributed by atoms with E-state index >= 15 is 0 Å². The normalized spacial score (nSPS) is 17.0. The smallest absolute Gasteiger partial charge is 0.292 e. The van der Waals surface area contributed by atoms with Crippen LogP contribution in [0.25, 0.3) is 0 Å². The van der Waals surface area contributed by atoms with Gasteiger partial charge in [0, 0.05) is 18.7 Å². The molecule has 0 aromatic carbocycles. The average molecular weight is 238 g/mol. The van der Waals surface area contributed by atoms with Crippen LogP contribution in [0, 0.1) is 0 Å². The highest BCUT2D eigenvalue weighted by Gasteiger charge is 2.27. The Morgan fingerprint density at radius 2 is 2.24 bits per heavy atom. The van der Waals surface area contributed by atoms with Gasteiger partial charge in [-0.1, -0.05) is 24.4 Å². The molecule has 0 unspecified atom stereocenters. The molecule has 94 valence electrons. The van der Waals surface area contributed by atoms with E-state index in [-0.39, 0.29) is 24.3 Å². The second kappa shape index (κ2) is 5.82. The van der Waals surface area contributed by atoms with Gasteiger partial charge in [0.05, 0.1) is 12.8 Å². The predicted octanol–water partition coefficient (Wildman–Crippen LogP) is 1.44. The Hall–Kier alpha value is -1.36. The lowest BCUT2D eigenvalue weighted by Gasteiger charge is -2.33. The molecule has 0 atom stereocenters. The van der Waals surface area contributed by atoms with E-state index in [4.69, 9.17) is 9.63 Å². The number of rotatable bonds is 4. The molecule has 0 saturated heterocycles. The van der Waals surface area contributed by atoms with E-state index in [1.165, 1.54) is 12.6 Å². The minimum absolute atomic E-state index is 0.0175. The van der Waals surface area contributed by atoms with Crippen LogP contribution in [0.5, 0.6) is 0 Å². The van der Waals surface area contributed by atoms with Gasteiger partial charge in [0.1, 0.15) is 0 Å². The minimum atomic E-state index is -0.163. The first-order valence-electron chi connectivity index (χ1n) is 6.15. The van der Waals surface area contributed by atoms with E-state index in [0.29, 0.717) is 6.54 Å². The molecule has 0 radical (unpaired) electrons. The topological polar surface area (TPSA) is 66.6 Å². The van der Waals surface area contributed by atoms with Crippen LogP contribution in [0.4, 0.5) is 0 Å². The molecule has 1 N–H and O–H groups in total. The molecule has 17 heavy (non-hydrogen) atoms. The molecule has 1 fully saturated rings. The van der Waals surface area contributed by atoms with Crippen molar-refractivity contribution in [1.82, 2.24) is 10.1 Å². The standard InChI is InChI=1S/C12H18N2O3/c15-9-8-14(10-4-2-1-3-5-10)12(16)11-6-7-13-17-11/h6-7,10,15H,1-5,8-9H2. The molecule has 1 amide bonds. The van der Waals surface area contributed by atoms with Crippen LogP contribution < -0.4 is 0 Å². The molecular weight excluding hydrogens is 220 g/mol. The van der Waals surface area contributed by atoms with Crippen LogP contribution in [-0.4, -0.2) is 40.3 Å². The average Bonchev–Trinajstić information content (AvgIpc) is 2.90. The van der Waals surface area contributed by atoms with Gasteiger partial charge in [-0.15, -0.1) is 0 Å². The molecule has 0 aliphatic heterocycles. The van der Waals surface area contributed by atoms with Crippen molar-refractivity contribution in [3.63, 3.8) is 0 Å². The second-order valence-electron chi connectivity index (χ2n) is 4.39. The minimum Gasteiger partial charge on any atom is -0.395 e. The maximum Gasteiger partial charge on any atom is 0.292 e. The van der Waals surface area contributed by atoms with E-state index in [1.807, 2.05) is 0 Å². The number of aliphatic hydroxyl groups is 1. The van der Waals surface area contributed by atoms with Crippen LogP contribution in [0.2, 0.25) is 0 Å². The van der Waals surface area contributed by atoms with Gasteiger partial charge < -0.3 is 14.5 Å². The van der Waals surface area contributed by atoms with E-state index in [1.54, 1.807) is 11.0 Å². The lowest BCUT2D eigenvalue weighted by Crippen LogP contribution is -2.43. The van der Waals surface area contributed by atoms with E-state index in [2.05, 4.69) is 5.16 Å². The Bertz CT molecular complexity index is 345. The van der Waals surface area contributed by atoms with Gasteiger partial charge in [0.2, 0.25) is 5.76 Å². The first kappa shape index (κ1) is 12.1. The molecule has 2 rings (SSSR count). The van der Waals surface area contributed by atoms with Crippen molar-refractivity contribution < 1.29 is 14.4 Å². The molecule has 1 aliphatic rings. The summed E-state index contributed by atoms with van der Waals surface area (Å²) in [5.41, 5.74) is 0. The summed E-state index contributed by atoms with van der Waals surface area (Å²) >= 11 is 0. The van der Waals surface area contributed by atoms with Crippen molar-refractivity contribution in [2.45, 2.75) is 38.1 Å². The zero-order valence-corrected chi connectivity index (χ0v) is 9.84. The second-order valence-corrected chi connectivity index (χ2v) is 4.39. The summed E-state index contributed by atoms with van der Waals surface area (Å²) in [6, 6.07) is 1.80. The monoisotopic (exact) mass is 238 g/mol. The number of hydrogen-bond acceptors (Lipinski definition) is 4. The maximum absolute atomic E-state index is 12.2. The third-order valence-corrected chi connectivity index (χ3v) is 3.27. The van der Waals surface area contributed by atoms with E-state index < -0.39 is 0 Å². The summed E-state index contributed by atoms with van der Waals surface area (Å²) in [4.78, 5) is 13.9. The Balaban J connectivity index is 2.07. The first-order valence-corrected chi connectivity index (χ1v) is 6.15. The molecule has 0 bridgehead atoms. The van der Waals surface area contributed by atoms with Gasteiger partial charge in [0.25, 0.3) is 5.91 Å². The van der Waals surface area contributed by atoms with Gasteiger partial charge in [-0.25, -0.2) is 0 Å². The number of aliphatic hydroxyl groups excluding tert-OH is 1. The van der Waals surface area contributed by atoms with Gasteiger partial charge in [-0.3, -0.25) is 4.79 Å². The predicted molar refractivity (Wildman–Crippen MR) is 61.5 cm³/mol. The fraction of sp³-hybridized carbons (Fsp3) is 0.667. The van der Waals surface area contributed by atoms with Crippen LogP contribution >= 0.6 is 0 Å². The third kappa shape index (κ3) is 2.85. The van der Waals surface area contributed by atoms with Crippen LogP contribution in [0.1, 0.15) is 42.7 Å². The summed E-state index contributed by atoms with van der Waals surface area (Å²) < 4.78 is 4.89. The summed E-state index contributed by atoms with van der Waals surface area (Å²) in [5.74, 6) is 0.0903. The molecule has 5 heteroatoms. The zero-order valence-electron chi connectivity index (χ0n) is 9.84. The summed E-state index contributed by atoms with van der Waals surface area (Å²) in [7, 11) is 0. The van der Waals surface area contributed by atoms with Crippen molar-refractivity contribution in [2.75, 3.05) is 13.2 Å². The highest BCUT2D eigenvalue weighted by atomic mass is 16.5. The molecular formula is C12H18N2O3. The first-order chi connectivity index (χ1) is 8.33. The Kier molecular flexibility index (Phi) is 4.14. The largest absolute Gasteiger partial charge is 0.395 e. The van der Waals surface area contributed by atoms with Gasteiger partial charge in [-0.05, 0) is 12.8 Å². The third-order valence-electron chi connectivity index (χ3n) is 3.27. The van der Waals surface area contributed by atoms with Crippen LogP contribution in [-0.2, 0) is 0 Å². The van der Waals surface area contributed by atoms with E-state index in [0.717, 1.165) is 25.7 Å². The van der Waals surface area contributed by atoms with Gasteiger partial charge in [0.15, 0.2) is 0 Å². The molecule has 1 aliphatic carbocycles. The molecule has 5 nitrogen and oxygen atoms in total. The maximum atomic E-state index is 12.2. The molecule has 1 aromatic rings. The summed E-state index contributed by atoms with van der Waals surface area (Å²) in [6.45, 7) is 0.348. The summed E-state index contributed by atoms with van der Waals surface area (Å²) in [5, 5.41) is 12.6. The van der Waals surface area contributed by atoms with Crippen molar-refractivity contribution in [2.24, 2.45) is 0 Å². The fourth-order valence-electron chi connectivity index (χ4n) is 2.42. The quantitative estimate of drug-likeness (QED) is 0.862. The number of aromatic nitrogens is 1. The highest BCUT2D eigenvalue weighted by molar-refractivity contribution is 5.91. The molecule has 1 saturated carbocycles. The number of carbonyl (C=O) groups is 1. The fourth-order valence-corrected chi connectivity index (χ4v) is 2.42. The molecule has 1 aromatic heterocycles. The summed E-state index contributed by atoms with van der Waals surface area (Å²) in [6.07, 6.45) is 7.03. The number of nitrogens with zero attached hydrogens (tertiary/aromatic N) is 2. The molecule has 0 spiro atoms. The Labute approximate surface area is 100 Å². The SMILES string of the molecule is O=C(c1ccno1)N(CCO)C1CCCCC1. The van der Waals surface area contributed by atoms with E-state index in [9.17, 15) is 4.79 Å². The Morgan fingerprint density at radius 1 is 1.47 bits per heavy atom. The van der Waals surface area contributed by atoms with Crippen molar-refractivity contribution in [3.05, 3.63) is 18.0 Å². The number of amides is 1. The Morgan fingerprint density at radius 3 is 2.82 bits per heavy atom. The van der Waals surface area contributed by atoms with Crippen molar-refractivity contribution in [3.8, 4) is 0 Å². The van der Waals surface area contributed by atoms with Gasteiger partial charge in [-0.2, -0.15) is 0 Å². The molecule has 1 heterocycles. The van der Waals surface area contributed by atoms with Crippen molar-refractivity contribution in [1.29, 1.82) is 0 Å². The van der Waals surface area contributed by atoms with Crippen LogP contribution in [0.15, 0.2) is 16.8 Å². The van der Waals surface area contributed by atoms with Crippen molar-refractivity contribution >= 4 is 5.91 Å². The number of carbonyl (C=O) groups excluding carboxylic acids is 1.